The second-order valence-corrected chi connectivity index (χ2v) is 4.25. The second-order valence-electron chi connectivity index (χ2n) is 4.25. The van der Waals surface area contributed by atoms with Crippen LogP contribution in [0.1, 0.15) is 25.3 Å². The molecule has 5 nitrogen and oxygen atoms in total. The Bertz CT molecular complexity index is 376. The van der Waals surface area contributed by atoms with Gasteiger partial charge in [0.1, 0.15) is 5.75 Å². The molecule has 1 rings (SSSR count). The number of nitrogens with zero attached hydrogens (tertiary/aromatic N) is 1. The number of rotatable bonds is 7. The molecule has 0 radical (unpaired) electrons. The molecule has 0 saturated heterocycles. The standard InChI is InChI=1S/C14H24N4O/c1-3-4-10-16-14(18-15)17-11-9-12-5-7-13(19-2)8-6-12/h5-8H,3-4,9-11,15H2,1-2H3,(H2,16,17,18). The molecular formula is C14H24N4O. The summed E-state index contributed by atoms with van der Waals surface area (Å²) in [6.07, 6.45) is 3.12. The zero-order chi connectivity index (χ0) is 13.9. The Morgan fingerprint density at radius 1 is 1.32 bits per heavy atom. The molecule has 1 aromatic carbocycles. The van der Waals surface area contributed by atoms with Crippen LogP contribution in [0.4, 0.5) is 0 Å². The van der Waals surface area contributed by atoms with Gasteiger partial charge in [0, 0.05) is 13.1 Å². The number of hydrogen-bond acceptors (Lipinski definition) is 3. The van der Waals surface area contributed by atoms with E-state index in [0.717, 1.165) is 38.1 Å². The van der Waals surface area contributed by atoms with Crippen LogP contribution in [0.15, 0.2) is 29.3 Å². The minimum Gasteiger partial charge on any atom is -0.497 e. The Morgan fingerprint density at radius 2 is 2.05 bits per heavy atom. The van der Waals surface area contributed by atoms with Gasteiger partial charge in [-0.25, -0.2) is 5.84 Å². The van der Waals surface area contributed by atoms with E-state index in [2.05, 4.69) is 34.8 Å². The predicted octanol–water partition coefficient (Wildman–Crippen LogP) is 1.45. The van der Waals surface area contributed by atoms with E-state index in [1.165, 1.54) is 5.56 Å². The van der Waals surface area contributed by atoms with Gasteiger partial charge in [-0.15, -0.1) is 0 Å². The third-order valence-electron chi connectivity index (χ3n) is 2.78. The van der Waals surface area contributed by atoms with Crippen LogP contribution in [0.25, 0.3) is 0 Å². The summed E-state index contributed by atoms with van der Waals surface area (Å²) in [5.74, 6) is 6.94. The minimum absolute atomic E-state index is 0.655. The Labute approximate surface area is 115 Å². The molecule has 0 saturated carbocycles. The number of hydrazine groups is 1. The molecule has 0 aliphatic rings. The van der Waals surface area contributed by atoms with Gasteiger partial charge in [-0.2, -0.15) is 0 Å². The average Bonchev–Trinajstić information content (AvgIpc) is 2.46. The predicted molar refractivity (Wildman–Crippen MR) is 79.2 cm³/mol. The molecule has 0 aliphatic carbocycles. The van der Waals surface area contributed by atoms with Gasteiger partial charge in [0.05, 0.1) is 7.11 Å². The molecule has 106 valence electrons. The van der Waals surface area contributed by atoms with Crippen molar-refractivity contribution in [3.63, 3.8) is 0 Å². The Balaban J connectivity index is 2.32. The van der Waals surface area contributed by atoms with Crippen molar-refractivity contribution in [3.05, 3.63) is 29.8 Å². The summed E-state index contributed by atoms with van der Waals surface area (Å²) in [5, 5.41) is 3.19. The molecule has 0 amide bonds. The van der Waals surface area contributed by atoms with Gasteiger partial charge in [-0.05, 0) is 30.5 Å². The average molecular weight is 264 g/mol. The van der Waals surface area contributed by atoms with E-state index in [1.807, 2.05) is 12.1 Å². The van der Waals surface area contributed by atoms with Crippen molar-refractivity contribution in [2.45, 2.75) is 26.2 Å². The van der Waals surface area contributed by atoms with Gasteiger partial charge in [-0.1, -0.05) is 25.5 Å². The molecule has 0 spiro atoms. The van der Waals surface area contributed by atoms with Crippen molar-refractivity contribution in [3.8, 4) is 5.75 Å². The summed E-state index contributed by atoms with van der Waals surface area (Å²) in [6.45, 7) is 3.73. The third kappa shape index (κ3) is 6.10. The highest BCUT2D eigenvalue weighted by Crippen LogP contribution is 2.11. The van der Waals surface area contributed by atoms with Crippen molar-refractivity contribution in [1.82, 2.24) is 10.7 Å². The van der Waals surface area contributed by atoms with Gasteiger partial charge < -0.3 is 10.1 Å². The SMILES string of the molecule is CCCCN=C(NN)NCCc1ccc(OC)cc1. The Kier molecular flexibility index (Phi) is 7.43. The molecule has 0 heterocycles. The number of guanidine groups is 1. The number of benzene rings is 1. The topological polar surface area (TPSA) is 71.7 Å². The fourth-order valence-electron chi connectivity index (χ4n) is 1.62. The van der Waals surface area contributed by atoms with E-state index in [-0.39, 0.29) is 0 Å². The zero-order valence-electron chi connectivity index (χ0n) is 11.8. The van der Waals surface area contributed by atoms with Crippen molar-refractivity contribution in [1.29, 1.82) is 0 Å². The number of aliphatic imine (C=N–C) groups is 1. The molecule has 19 heavy (non-hydrogen) atoms. The third-order valence-corrected chi connectivity index (χ3v) is 2.78. The van der Waals surface area contributed by atoms with Crippen molar-refractivity contribution in [2.75, 3.05) is 20.2 Å². The van der Waals surface area contributed by atoms with Crippen LogP contribution in [0.5, 0.6) is 5.75 Å². The van der Waals surface area contributed by atoms with Crippen LogP contribution in [-0.4, -0.2) is 26.2 Å². The number of methoxy groups -OCH3 is 1. The molecular weight excluding hydrogens is 240 g/mol. The maximum atomic E-state index is 5.41. The number of nitrogens with two attached hydrogens (primary N) is 1. The lowest BCUT2D eigenvalue weighted by atomic mass is 10.1. The summed E-state index contributed by atoms with van der Waals surface area (Å²) >= 11 is 0. The maximum absolute atomic E-state index is 5.41. The summed E-state index contributed by atoms with van der Waals surface area (Å²) < 4.78 is 5.12. The summed E-state index contributed by atoms with van der Waals surface area (Å²) in [5.41, 5.74) is 3.83. The first-order valence-corrected chi connectivity index (χ1v) is 6.68. The quantitative estimate of drug-likeness (QED) is 0.229. The van der Waals surface area contributed by atoms with Crippen LogP contribution in [0.3, 0.4) is 0 Å². The van der Waals surface area contributed by atoms with E-state index in [4.69, 9.17) is 10.6 Å². The number of nitrogens with one attached hydrogen (secondary N) is 2. The highest BCUT2D eigenvalue weighted by molar-refractivity contribution is 5.79. The molecule has 0 unspecified atom stereocenters. The van der Waals surface area contributed by atoms with Gasteiger partial charge in [0.15, 0.2) is 0 Å². The molecule has 0 aliphatic heterocycles. The molecule has 0 bridgehead atoms. The molecule has 0 aromatic heterocycles. The van der Waals surface area contributed by atoms with E-state index in [9.17, 15) is 0 Å². The molecule has 0 atom stereocenters. The molecule has 4 N–H and O–H groups in total. The smallest absolute Gasteiger partial charge is 0.205 e. The van der Waals surface area contributed by atoms with E-state index >= 15 is 0 Å². The summed E-state index contributed by atoms with van der Waals surface area (Å²) in [4.78, 5) is 4.34. The Hall–Kier alpha value is -1.75. The second kappa shape index (κ2) is 9.22. The van der Waals surface area contributed by atoms with E-state index < -0.39 is 0 Å². The van der Waals surface area contributed by atoms with Gasteiger partial charge in [-0.3, -0.25) is 10.4 Å². The molecule has 1 aromatic rings. The highest BCUT2D eigenvalue weighted by atomic mass is 16.5. The molecule has 0 fully saturated rings. The van der Waals surface area contributed by atoms with Crippen LogP contribution < -0.4 is 21.3 Å². The lowest BCUT2D eigenvalue weighted by molar-refractivity contribution is 0.414. The molecule has 5 heteroatoms. The zero-order valence-corrected chi connectivity index (χ0v) is 11.8. The Morgan fingerprint density at radius 3 is 2.63 bits per heavy atom. The number of hydrogen-bond donors (Lipinski definition) is 3. The first-order chi connectivity index (χ1) is 9.30. The largest absolute Gasteiger partial charge is 0.497 e. The van der Waals surface area contributed by atoms with Crippen molar-refractivity contribution in [2.24, 2.45) is 10.8 Å². The lowest BCUT2D eigenvalue weighted by Gasteiger charge is -2.09. The number of ether oxygens (including phenoxy) is 1. The first kappa shape index (κ1) is 15.3. The van der Waals surface area contributed by atoms with E-state index in [0.29, 0.717) is 5.96 Å². The number of unbranched alkanes of at least 4 members (excludes halogenated alkanes) is 1. The van der Waals surface area contributed by atoms with Crippen LogP contribution in [-0.2, 0) is 6.42 Å². The van der Waals surface area contributed by atoms with Gasteiger partial charge in [0.25, 0.3) is 0 Å². The normalized spacial score (nSPS) is 11.2. The summed E-state index contributed by atoms with van der Waals surface area (Å²) in [6, 6.07) is 8.05. The van der Waals surface area contributed by atoms with Crippen LogP contribution in [0, 0.1) is 0 Å². The van der Waals surface area contributed by atoms with E-state index in [1.54, 1.807) is 7.11 Å². The van der Waals surface area contributed by atoms with Crippen LogP contribution in [0.2, 0.25) is 0 Å². The fraction of sp³-hybridized carbons (Fsp3) is 0.500. The fourth-order valence-corrected chi connectivity index (χ4v) is 1.62. The monoisotopic (exact) mass is 264 g/mol. The van der Waals surface area contributed by atoms with Crippen molar-refractivity contribution >= 4 is 5.96 Å². The minimum atomic E-state index is 0.655. The van der Waals surface area contributed by atoms with Gasteiger partial charge in [0.2, 0.25) is 5.96 Å². The van der Waals surface area contributed by atoms with Crippen molar-refractivity contribution < 1.29 is 4.74 Å². The first-order valence-electron chi connectivity index (χ1n) is 6.68. The van der Waals surface area contributed by atoms with Crippen LogP contribution >= 0.6 is 0 Å². The summed E-state index contributed by atoms with van der Waals surface area (Å²) in [7, 11) is 1.67. The van der Waals surface area contributed by atoms with Gasteiger partial charge >= 0.3 is 0 Å². The highest BCUT2D eigenvalue weighted by Gasteiger charge is 1.97. The maximum Gasteiger partial charge on any atom is 0.205 e. The lowest BCUT2D eigenvalue weighted by Crippen LogP contribution is -2.42.